The molecule has 1 heterocycles. The van der Waals surface area contributed by atoms with Gasteiger partial charge in [0.2, 0.25) is 0 Å². The van der Waals surface area contributed by atoms with Crippen LogP contribution in [0.15, 0.2) is 18.2 Å². The largest absolute Gasteiger partial charge is 0.495 e. The van der Waals surface area contributed by atoms with Gasteiger partial charge in [-0.25, -0.2) is 0 Å². The minimum atomic E-state index is 0. The number of rotatable bonds is 5. The van der Waals surface area contributed by atoms with Crippen LogP contribution in [0.5, 0.6) is 5.75 Å². The first-order valence-corrected chi connectivity index (χ1v) is 7.20. The minimum absolute atomic E-state index is 0. The number of nitrogens with zero attached hydrogens (tertiary/aromatic N) is 2. The molecule has 1 aliphatic heterocycles. The number of hydrogen-bond acceptors (Lipinski definition) is 4. The van der Waals surface area contributed by atoms with E-state index >= 15 is 0 Å². The number of methoxy groups -OCH3 is 1. The monoisotopic (exact) mass is 309 g/mol. The summed E-state index contributed by atoms with van der Waals surface area (Å²) in [6.07, 6.45) is 2.52. The number of ether oxygens (including phenoxy) is 1. The molecule has 1 N–H and O–H groups in total. The lowest BCUT2D eigenvalue weighted by molar-refractivity contribution is 0.176. The number of piperidine rings is 1. The van der Waals surface area contributed by atoms with Gasteiger partial charge in [0.25, 0.3) is 0 Å². The first-order valence-electron chi connectivity index (χ1n) is 7.20. The summed E-state index contributed by atoms with van der Waals surface area (Å²) in [5.74, 6) is 1.49. The summed E-state index contributed by atoms with van der Waals surface area (Å²) < 4.78 is 5.27. The van der Waals surface area contributed by atoms with Crippen LogP contribution in [0.4, 0.5) is 0 Å². The van der Waals surface area contributed by atoms with E-state index in [1.807, 2.05) is 25.2 Å². The van der Waals surface area contributed by atoms with E-state index in [0.29, 0.717) is 11.3 Å². The van der Waals surface area contributed by atoms with Crippen LogP contribution in [0.25, 0.3) is 0 Å². The molecule has 0 spiro atoms. The van der Waals surface area contributed by atoms with Gasteiger partial charge >= 0.3 is 0 Å². The van der Waals surface area contributed by atoms with E-state index in [9.17, 15) is 0 Å². The molecule has 2 rings (SSSR count). The van der Waals surface area contributed by atoms with E-state index in [1.165, 1.54) is 18.4 Å². The van der Waals surface area contributed by atoms with Gasteiger partial charge in [-0.2, -0.15) is 5.26 Å². The Morgan fingerprint density at radius 2 is 2.10 bits per heavy atom. The van der Waals surface area contributed by atoms with Crippen molar-refractivity contribution in [3.63, 3.8) is 0 Å². The highest BCUT2D eigenvalue weighted by molar-refractivity contribution is 5.85. The molecule has 116 valence electrons. The number of hydrogen-bond donors (Lipinski definition) is 1. The molecule has 1 aromatic rings. The van der Waals surface area contributed by atoms with Crippen molar-refractivity contribution in [2.75, 3.05) is 33.8 Å². The smallest absolute Gasteiger partial charge is 0.136 e. The van der Waals surface area contributed by atoms with E-state index in [4.69, 9.17) is 10.00 Å². The van der Waals surface area contributed by atoms with Crippen LogP contribution < -0.4 is 10.1 Å². The normalized spacial score (nSPS) is 16.0. The number of nitrogens with one attached hydrogen (secondary N) is 1. The maximum absolute atomic E-state index is 9.00. The van der Waals surface area contributed by atoms with Crippen molar-refractivity contribution in [3.05, 3.63) is 29.3 Å². The highest BCUT2D eigenvalue weighted by Crippen LogP contribution is 2.22. The van der Waals surface area contributed by atoms with Crippen LogP contribution in [0, 0.1) is 17.2 Å². The molecule has 4 nitrogen and oxygen atoms in total. The van der Waals surface area contributed by atoms with Gasteiger partial charge in [-0.15, -0.1) is 12.4 Å². The van der Waals surface area contributed by atoms with Crippen molar-refractivity contribution in [2.45, 2.75) is 19.4 Å². The highest BCUT2D eigenvalue weighted by Gasteiger charge is 2.18. The van der Waals surface area contributed by atoms with Gasteiger partial charge in [0, 0.05) is 6.54 Å². The summed E-state index contributed by atoms with van der Waals surface area (Å²) in [5, 5.41) is 12.3. The second kappa shape index (κ2) is 8.89. The average Bonchev–Trinajstić information content (AvgIpc) is 2.49. The quantitative estimate of drug-likeness (QED) is 0.907. The van der Waals surface area contributed by atoms with Crippen LogP contribution in [-0.4, -0.2) is 38.7 Å². The maximum Gasteiger partial charge on any atom is 0.136 e. The predicted octanol–water partition coefficient (Wildman–Crippen LogP) is 2.42. The molecule has 21 heavy (non-hydrogen) atoms. The summed E-state index contributed by atoms with van der Waals surface area (Å²) in [5.41, 5.74) is 1.82. The standard InChI is InChI=1S/C16H23N3O.ClH/c1-18-11-13-5-7-19(8-6-13)12-14-3-4-15(10-17)16(9-14)20-2;/h3-4,9,13,18H,5-8,11-12H2,1-2H3;1H. The van der Waals surface area contributed by atoms with Gasteiger partial charge < -0.3 is 10.1 Å². The van der Waals surface area contributed by atoms with E-state index < -0.39 is 0 Å². The molecule has 0 unspecified atom stereocenters. The first kappa shape index (κ1) is 17.8. The lowest BCUT2D eigenvalue weighted by Gasteiger charge is -2.31. The zero-order valence-electron chi connectivity index (χ0n) is 12.8. The van der Waals surface area contributed by atoms with Crippen molar-refractivity contribution in [2.24, 2.45) is 5.92 Å². The molecular weight excluding hydrogens is 286 g/mol. The number of benzene rings is 1. The number of halogens is 1. The maximum atomic E-state index is 9.00. The van der Waals surface area contributed by atoms with E-state index in [1.54, 1.807) is 7.11 Å². The molecule has 0 radical (unpaired) electrons. The number of likely N-dealkylation sites (tertiary alicyclic amines) is 1. The Labute approximate surface area is 133 Å². The fourth-order valence-electron chi connectivity index (χ4n) is 2.82. The second-order valence-electron chi connectivity index (χ2n) is 5.42. The third-order valence-corrected chi connectivity index (χ3v) is 3.99. The SMILES string of the molecule is CNCC1CCN(Cc2ccc(C#N)c(OC)c2)CC1.Cl. The number of nitriles is 1. The lowest BCUT2D eigenvalue weighted by atomic mass is 9.96. The lowest BCUT2D eigenvalue weighted by Crippen LogP contribution is -2.36. The molecule has 1 fully saturated rings. The molecule has 0 aromatic heterocycles. The van der Waals surface area contributed by atoms with Gasteiger partial charge in [-0.05, 0) is 63.1 Å². The van der Waals surface area contributed by atoms with Gasteiger partial charge in [-0.1, -0.05) is 6.07 Å². The van der Waals surface area contributed by atoms with Gasteiger partial charge in [0.15, 0.2) is 0 Å². The summed E-state index contributed by atoms with van der Waals surface area (Å²) in [4.78, 5) is 2.48. The molecule has 0 aliphatic carbocycles. The van der Waals surface area contributed by atoms with Crippen molar-refractivity contribution < 1.29 is 4.74 Å². The van der Waals surface area contributed by atoms with Crippen LogP contribution in [0.1, 0.15) is 24.0 Å². The van der Waals surface area contributed by atoms with Gasteiger partial charge in [0.05, 0.1) is 12.7 Å². The molecule has 5 heteroatoms. The van der Waals surface area contributed by atoms with Crippen LogP contribution in [0.3, 0.4) is 0 Å². The van der Waals surface area contributed by atoms with Crippen LogP contribution >= 0.6 is 12.4 Å². The van der Waals surface area contributed by atoms with Gasteiger partial charge in [0.1, 0.15) is 11.8 Å². The van der Waals surface area contributed by atoms with Gasteiger partial charge in [-0.3, -0.25) is 4.90 Å². The Balaban J connectivity index is 0.00000220. The fraction of sp³-hybridized carbons (Fsp3) is 0.562. The molecule has 0 atom stereocenters. The summed E-state index contributed by atoms with van der Waals surface area (Å²) in [7, 11) is 3.64. The van der Waals surface area contributed by atoms with Crippen molar-refractivity contribution in [1.29, 1.82) is 5.26 Å². The molecule has 1 aliphatic rings. The predicted molar refractivity (Wildman–Crippen MR) is 86.9 cm³/mol. The van der Waals surface area contributed by atoms with Crippen molar-refractivity contribution in [1.82, 2.24) is 10.2 Å². The zero-order valence-corrected chi connectivity index (χ0v) is 13.6. The Kier molecular flexibility index (Phi) is 7.52. The Morgan fingerprint density at radius 1 is 1.38 bits per heavy atom. The summed E-state index contributed by atoms with van der Waals surface area (Å²) in [6, 6.07) is 8.01. The van der Waals surface area contributed by atoms with E-state index in [0.717, 1.165) is 32.1 Å². The minimum Gasteiger partial charge on any atom is -0.495 e. The average molecular weight is 310 g/mol. The van der Waals surface area contributed by atoms with Crippen LogP contribution in [0.2, 0.25) is 0 Å². The highest BCUT2D eigenvalue weighted by atomic mass is 35.5. The first-order chi connectivity index (χ1) is 9.76. The summed E-state index contributed by atoms with van der Waals surface area (Å²) >= 11 is 0. The molecule has 1 saturated heterocycles. The Hall–Kier alpha value is -1.28. The van der Waals surface area contributed by atoms with E-state index in [2.05, 4.69) is 16.3 Å². The van der Waals surface area contributed by atoms with Crippen molar-refractivity contribution in [3.8, 4) is 11.8 Å². The summed E-state index contributed by atoms with van der Waals surface area (Å²) in [6.45, 7) is 4.36. The molecule has 0 saturated carbocycles. The Bertz CT molecular complexity index is 479. The molecule has 0 bridgehead atoms. The van der Waals surface area contributed by atoms with Crippen LogP contribution in [-0.2, 0) is 6.54 Å². The third-order valence-electron chi connectivity index (χ3n) is 3.99. The molecule has 1 aromatic carbocycles. The zero-order chi connectivity index (χ0) is 14.4. The molecule has 0 amide bonds. The van der Waals surface area contributed by atoms with Crippen molar-refractivity contribution >= 4 is 12.4 Å². The Morgan fingerprint density at radius 3 is 2.67 bits per heavy atom. The fourth-order valence-corrected chi connectivity index (χ4v) is 2.82. The second-order valence-corrected chi connectivity index (χ2v) is 5.42. The topological polar surface area (TPSA) is 48.3 Å². The molecular formula is C16H24ClN3O. The third kappa shape index (κ3) is 4.89. The van der Waals surface area contributed by atoms with E-state index in [-0.39, 0.29) is 12.4 Å².